The van der Waals surface area contributed by atoms with Crippen LogP contribution in [0.2, 0.25) is 0 Å². The summed E-state index contributed by atoms with van der Waals surface area (Å²) in [6.07, 6.45) is 0. The van der Waals surface area contributed by atoms with Gasteiger partial charge < -0.3 is 5.32 Å². The first kappa shape index (κ1) is 18.7. The monoisotopic (exact) mass is 467 g/mol. The highest BCUT2D eigenvalue weighted by atomic mass is 79.9. The van der Waals surface area contributed by atoms with E-state index in [9.17, 15) is 4.79 Å². The predicted molar refractivity (Wildman–Crippen MR) is 123 cm³/mol. The maximum atomic E-state index is 12.2. The van der Waals surface area contributed by atoms with Crippen LogP contribution in [0.1, 0.15) is 10.4 Å². The molecule has 0 saturated heterocycles. The minimum Gasteiger partial charge on any atom is -0.332 e. The van der Waals surface area contributed by atoms with Gasteiger partial charge in [0.05, 0.1) is 10.2 Å². The number of rotatable bonds is 3. The minimum absolute atomic E-state index is 0.251. The molecule has 1 amide bonds. The number of fused-ring (bicyclic) bond motifs is 1. The number of thiocarbonyl (C=S) groups is 1. The molecular weight excluding hydrogens is 454 g/mol. The molecule has 0 aliphatic heterocycles. The third-order valence-corrected chi connectivity index (χ3v) is 5.84. The van der Waals surface area contributed by atoms with Crippen LogP contribution in [0.5, 0.6) is 0 Å². The highest BCUT2D eigenvalue weighted by Gasteiger charge is 2.09. The SMILES string of the molecule is O=C(NC(=S)Nc1ccc(-c2nc3ccccc3s2)cc1)c1ccc(Br)cc1. The summed E-state index contributed by atoms with van der Waals surface area (Å²) in [7, 11) is 0. The van der Waals surface area contributed by atoms with E-state index in [4.69, 9.17) is 12.2 Å². The second-order valence-electron chi connectivity index (χ2n) is 5.98. The summed E-state index contributed by atoms with van der Waals surface area (Å²) in [6, 6.07) is 23.0. The van der Waals surface area contributed by atoms with Crippen LogP contribution < -0.4 is 10.6 Å². The van der Waals surface area contributed by atoms with Gasteiger partial charge in [0, 0.05) is 21.3 Å². The second-order valence-corrected chi connectivity index (χ2v) is 8.33. The number of hydrogen-bond acceptors (Lipinski definition) is 4. The fourth-order valence-corrected chi connectivity index (χ4v) is 4.08. The van der Waals surface area contributed by atoms with Crippen LogP contribution in [0.25, 0.3) is 20.8 Å². The molecule has 4 rings (SSSR count). The van der Waals surface area contributed by atoms with Crippen molar-refractivity contribution in [3.05, 3.63) is 82.8 Å². The summed E-state index contributed by atoms with van der Waals surface area (Å²) in [5.74, 6) is -0.254. The molecule has 0 spiro atoms. The standard InChI is InChI=1S/C21H14BrN3OS2/c22-15-9-5-13(6-10-15)19(26)25-21(27)23-16-11-7-14(8-12-16)20-24-17-3-1-2-4-18(17)28-20/h1-12H,(H2,23,25,26,27). The van der Waals surface area contributed by atoms with E-state index in [1.165, 1.54) is 0 Å². The summed E-state index contributed by atoms with van der Waals surface area (Å²) in [4.78, 5) is 16.9. The first-order valence-electron chi connectivity index (χ1n) is 8.42. The summed E-state index contributed by atoms with van der Waals surface area (Å²) >= 11 is 10.3. The van der Waals surface area contributed by atoms with E-state index in [0.717, 1.165) is 30.9 Å². The third kappa shape index (κ3) is 4.27. The Morgan fingerprint density at radius 3 is 2.39 bits per heavy atom. The fourth-order valence-electron chi connectivity index (χ4n) is 2.63. The Labute approximate surface area is 179 Å². The van der Waals surface area contributed by atoms with Gasteiger partial charge in [-0.3, -0.25) is 10.1 Å². The minimum atomic E-state index is -0.254. The molecule has 138 valence electrons. The van der Waals surface area contributed by atoms with E-state index >= 15 is 0 Å². The molecule has 7 heteroatoms. The lowest BCUT2D eigenvalue weighted by Gasteiger charge is -2.10. The lowest BCUT2D eigenvalue weighted by atomic mass is 10.2. The van der Waals surface area contributed by atoms with Crippen LogP contribution in [0, 0.1) is 0 Å². The van der Waals surface area contributed by atoms with Crippen LogP contribution in [0.15, 0.2) is 77.3 Å². The third-order valence-electron chi connectivity index (χ3n) is 4.02. The number of nitrogens with one attached hydrogen (secondary N) is 2. The van der Waals surface area contributed by atoms with Gasteiger partial charge in [-0.2, -0.15) is 0 Å². The average Bonchev–Trinajstić information content (AvgIpc) is 3.13. The molecule has 4 aromatic rings. The second kappa shape index (κ2) is 8.18. The number of carbonyl (C=O) groups excluding carboxylic acids is 1. The molecule has 0 radical (unpaired) electrons. The highest BCUT2D eigenvalue weighted by Crippen LogP contribution is 2.30. The fraction of sp³-hybridized carbons (Fsp3) is 0. The van der Waals surface area contributed by atoms with Crippen molar-refractivity contribution < 1.29 is 4.79 Å². The van der Waals surface area contributed by atoms with E-state index < -0.39 is 0 Å². The zero-order valence-corrected chi connectivity index (χ0v) is 17.7. The first-order valence-corrected chi connectivity index (χ1v) is 10.4. The van der Waals surface area contributed by atoms with Crippen molar-refractivity contribution in [1.29, 1.82) is 0 Å². The Morgan fingerprint density at radius 2 is 1.68 bits per heavy atom. The molecule has 3 aromatic carbocycles. The predicted octanol–water partition coefficient (Wildman–Crippen LogP) is 5.85. The number of nitrogens with zero attached hydrogens (tertiary/aromatic N) is 1. The largest absolute Gasteiger partial charge is 0.332 e. The van der Waals surface area contributed by atoms with Gasteiger partial charge in [-0.25, -0.2) is 4.98 Å². The molecule has 4 nitrogen and oxygen atoms in total. The number of halogens is 1. The molecule has 0 saturated carbocycles. The highest BCUT2D eigenvalue weighted by molar-refractivity contribution is 9.10. The number of benzene rings is 3. The van der Waals surface area contributed by atoms with Crippen LogP contribution in [-0.4, -0.2) is 16.0 Å². The van der Waals surface area contributed by atoms with Gasteiger partial charge >= 0.3 is 0 Å². The number of aromatic nitrogens is 1. The maximum absolute atomic E-state index is 12.2. The molecule has 0 fully saturated rings. The summed E-state index contributed by atoms with van der Waals surface area (Å²) in [5.41, 5.74) is 3.38. The average molecular weight is 468 g/mol. The van der Waals surface area contributed by atoms with Gasteiger partial charge in [-0.15, -0.1) is 11.3 Å². The smallest absolute Gasteiger partial charge is 0.257 e. The topological polar surface area (TPSA) is 54.0 Å². The molecule has 0 unspecified atom stereocenters. The van der Waals surface area contributed by atoms with Crippen LogP contribution >= 0.6 is 39.5 Å². The molecule has 1 heterocycles. The lowest BCUT2D eigenvalue weighted by molar-refractivity contribution is 0.0977. The number of hydrogen-bond donors (Lipinski definition) is 2. The van der Waals surface area contributed by atoms with Crippen molar-refractivity contribution in [2.24, 2.45) is 0 Å². The van der Waals surface area contributed by atoms with E-state index in [-0.39, 0.29) is 11.0 Å². The van der Waals surface area contributed by atoms with Gasteiger partial charge in [-0.05, 0) is 72.9 Å². The van der Waals surface area contributed by atoms with E-state index in [1.54, 1.807) is 23.5 Å². The molecule has 0 aliphatic carbocycles. The van der Waals surface area contributed by atoms with Gasteiger partial charge in [0.2, 0.25) is 0 Å². The summed E-state index contributed by atoms with van der Waals surface area (Å²) in [6.45, 7) is 0. The van der Waals surface area contributed by atoms with Crippen molar-refractivity contribution in [3.63, 3.8) is 0 Å². The molecular formula is C21H14BrN3OS2. The Morgan fingerprint density at radius 1 is 0.964 bits per heavy atom. The van der Waals surface area contributed by atoms with Crippen molar-refractivity contribution in [3.8, 4) is 10.6 Å². The molecule has 28 heavy (non-hydrogen) atoms. The van der Waals surface area contributed by atoms with Crippen molar-refractivity contribution in [2.75, 3.05) is 5.32 Å². The molecule has 2 N–H and O–H groups in total. The number of anilines is 1. The first-order chi connectivity index (χ1) is 13.6. The van der Waals surface area contributed by atoms with Crippen LogP contribution in [0.3, 0.4) is 0 Å². The van der Waals surface area contributed by atoms with Crippen molar-refractivity contribution >= 4 is 66.4 Å². The van der Waals surface area contributed by atoms with Gasteiger partial charge in [0.15, 0.2) is 5.11 Å². The number of thiazole rings is 1. The number of para-hydroxylation sites is 1. The molecule has 1 aromatic heterocycles. The summed E-state index contributed by atoms with van der Waals surface area (Å²) < 4.78 is 2.08. The Balaban J connectivity index is 1.41. The molecule has 0 aliphatic rings. The van der Waals surface area contributed by atoms with E-state index in [2.05, 4.69) is 37.6 Å². The molecule has 0 atom stereocenters. The Kier molecular flexibility index (Phi) is 5.47. The quantitative estimate of drug-likeness (QED) is 0.370. The van der Waals surface area contributed by atoms with Gasteiger partial charge in [0.25, 0.3) is 5.91 Å². The van der Waals surface area contributed by atoms with E-state index in [0.29, 0.717) is 5.56 Å². The van der Waals surface area contributed by atoms with Crippen LogP contribution in [0.4, 0.5) is 5.69 Å². The Bertz CT molecular complexity index is 1120. The maximum Gasteiger partial charge on any atom is 0.257 e. The van der Waals surface area contributed by atoms with Crippen molar-refractivity contribution in [2.45, 2.75) is 0 Å². The Hall–Kier alpha value is -2.61. The van der Waals surface area contributed by atoms with E-state index in [1.807, 2.05) is 54.6 Å². The zero-order valence-electron chi connectivity index (χ0n) is 14.5. The number of amides is 1. The van der Waals surface area contributed by atoms with Gasteiger partial charge in [-0.1, -0.05) is 28.1 Å². The summed E-state index contributed by atoms with van der Waals surface area (Å²) in [5, 5.41) is 6.94. The van der Waals surface area contributed by atoms with Crippen molar-refractivity contribution in [1.82, 2.24) is 10.3 Å². The molecule has 0 bridgehead atoms. The number of carbonyl (C=O) groups is 1. The van der Waals surface area contributed by atoms with Crippen LogP contribution in [-0.2, 0) is 0 Å². The zero-order chi connectivity index (χ0) is 19.5. The lowest BCUT2D eigenvalue weighted by Crippen LogP contribution is -2.34. The van der Waals surface area contributed by atoms with Gasteiger partial charge in [0.1, 0.15) is 5.01 Å². The normalized spacial score (nSPS) is 10.6.